The van der Waals surface area contributed by atoms with Gasteiger partial charge in [0.2, 0.25) is 23.5 Å². The van der Waals surface area contributed by atoms with E-state index in [1.807, 2.05) is 0 Å². The molecule has 2 aliphatic rings. The smallest absolute Gasteiger partial charge is 0.405 e. The number of Topliss-reactive ketones (excluding diaryl/α,β-unsaturated/α-hetero) is 1. The van der Waals surface area contributed by atoms with Gasteiger partial charge < -0.3 is 26.0 Å². The number of amides is 4. The zero-order chi connectivity index (χ0) is 28.9. The number of hydrogen-bond acceptors (Lipinski definition) is 5. The maximum atomic E-state index is 13.7. The van der Waals surface area contributed by atoms with E-state index in [0.717, 1.165) is 32.1 Å². The second-order valence-corrected chi connectivity index (χ2v) is 11.9. The van der Waals surface area contributed by atoms with E-state index in [1.165, 1.54) is 4.90 Å². The van der Waals surface area contributed by atoms with Gasteiger partial charge in [-0.05, 0) is 50.4 Å². The van der Waals surface area contributed by atoms with Crippen LogP contribution in [0.5, 0.6) is 0 Å². The quantitative estimate of drug-likeness (QED) is 0.311. The number of nitrogens with zero attached hydrogens (tertiary/aromatic N) is 1. The number of nitrogens with one attached hydrogen (secondary N) is 3. The third kappa shape index (κ3) is 8.36. The monoisotopic (exact) mass is 544 g/mol. The predicted molar refractivity (Wildman–Crippen MR) is 136 cm³/mol. The lowest BCUT2D eigenvalue weighted by atomic mass is 9.72. The fourth-order valence-electron chi connectivity index (χ4n) is 5.46. The first-order valence-electron chi connectivity index (χ1n) is 13.3. The molecule has 1 spiro atoms. The molecule has 38 heavy (non-hydrogen) atoms. The molecule has 2 fully saturated rings. The topological polar surface area (TPSA) is 145 Å². The van der Waals surface area contributed by atoms with Crippen LogP contribution in [0.3, 0.4) is 0 Å². The molecule has 0 aromatic heterocycles. The molecule has 1 heterocycles. The number of likely N-dealkylation sites (N-methyl/N-ethyl adjacent to an activating group) is 1. The second kappa shape index (κ2) is 12.4. The molecule has 0 aromatic rings. The number of carbonyl (C=O) groups excluding carboxylic acids is 4. The molecule has 0 bridgehead atoms. The fraction of sp³-hybridized carbons (Fsp3) is 0.808. The van der Waals surface area contributed by atoms with Crippen molar-refractivity contribution in [1.82, 2.24) is 20.9 Å². The van der Waals surface area contributed by atoms with E-state index in [0.29, 0.717) is 13.3 Å². The zero-order valence-corrected chi connectivity index (χ0v) is 23.0. The van der Waals surface area contributed by atoms with Crippen molar-refractivity contribution in [2.75, 3.05) is 13.1 Å². The lowest BCUT2D eigenvalue weighted by Gasteiger charge is -2.36. The Morgan fingerprint density at radius 3 is 2.13 bits per heavy atom. The molecular formula is C26H42F2N4O6. The molecule has 4 amide bonds. The highest BCUT2D eigenvalue weighted by Crippen LogP contribution is 2.47. The summed E-state index contributed by atoms with van der Waals surface area (Å²) in [4.78, 5) is 65.1. The fourth-order valence-corrected chi connectivity index (χ4v) is 5.46. The van der Waals surface area contributed by atoms with Gasteiger partial charge >= 0.3 is 6.09 Å². The summed E-state index contributed by atoms with van der Waals surface area (Å²) in [7, 11) is 0. The summed E-state index contributed by atoms with van der Waals surface area (Å²) in [5.74, 6) is -6.42. The molecule has 1 aliphatic heterocycles. The average Bonchev–Trinajstić information content (AvgIpc) is 3.17. The van der Waals surface area contributed by atoms with Gasteiger partial charge in [-0.3, -0.25) is 19.2 Å². The number of hydrogen-bond donors (Lipinski definition) is 4. The summed E-state index contributed by atoms with van der Waals surface area (Å²) in [6.45, 7) is 7.81. The minimum Gasteiger partial charge on any atom is -0.465 e. The lowest BCUT2D eigenvalue weighted by Crippen LogP contribution is -2.59. The number of likely N-dealkylation sites (tertiary alicyclic amines) is 1. The SMILES string of the molecule is CCNC(=O)C(=O)C(CCC(C)(F)F)NC(=O)[C@@H]1CC2(CCCCC2)CN1C(=O)C(NC(=O)O)C(C)(C)C. The minimum atomic E-state index is -3.12. The maximum Gasteiger partial charge on any atom is 0.405 e. The number of alkyl halides is 2. The van der Waals surface area contributed by atoms with Gasteiger partial charge in [0.05, 0.1) is 6.04 Å². The number of carboxylic acid groups (broad SMARTS) is 1. The summed E-state index contributed by atoms with van der Waals surface area (Å²) in [5.41, 5.74) is -1.14. The molecule has 0 radical (unpaired) electrons. The molecule has 2 rings (SSSR count). The summed E-state index contributed by atoms with van der Waals surface area (Å²) in [5, 5.41) is 16.5. The average molecular weight is 545 g/mol. The van der Waals surface area contributed by atoms with Crippen LogP contribution in [0.15, 0.2) is 0 Å². The van der Waals surface area contributed by atoms with E-state index in [4.69, 9.17) is 0 Å². The highest BCUT2D eigenvalue weighted by molar-refractivity contribution is 6.38. The normalized spacial score (nSPS) is 20.9. The van der Waals surface area contributed by atoms with Gasteiger partial charge in [0.1, 0.15) is 12.1 Å². The van der Waals surface area contributed by atoms with Crippen LogP contribution in [-0.4, -0.2) is 76.7 Å². The molecule has 2 unspecified atom stereocenters. The van der Waals surface area contributed by atoms with Crippen molar-refractivity contribution in [1.29, 1.82) is 0 Å². The van der Waals surface area contributed by atoms with Crippen LogP contribution in [0, 0.1) is 10.8 Å². The standard InChI is InChI=1S/C26H42F2N4O6/c1-6-29-21(35)18(33)16(10-13-25(5,27)28)30-20(34)17-14-26(11-8-7-9-12-26)15-32(17)22(36)19(24(2,3)4)31-23(37)38/h16-17,19,31H,6-15H2,1-5H3,(H,29,35)(H,30,34)(H,37,38)/t16?,17-,19?/m0/s1. The lowest BCUT2D eigenvalue weighted by molar-refractivity contribution is -0.144. The van der Waals surface area contributed by atoms with E-state index in [2.05, 4.69) is 16.0 Å². The Balaban J connectivity index is 2.38. The molecule has 1 saturated carbocycles. The first-order valence-corrected chi connectivity index (χ1v) is 13.3. The Kier molecular flexibility index (Phi) is 10.2. The molecule has 10 nitrogen and oxygen atoms in total. The highest BCUT2D eigenvalue weighted by Gasteiger charge is 2.51. The molecule has 3 atom stereocenters. The van der Waals surface area contributed by atoms with E-state index >= 15 is 0 Å². The van der Waals surface area contributed by atoms with Gasteiger partial charge in [0.25, 0.3) is 5.91 Å². The van der Waals surface area contributed by atoms with Gasteiger partial charge in [-0.1, -0.05) is 40.0 Å². The van der Waals surface area contributed by atoms with Gasteiger partial charge in [0.15, 0.2) is 0 Å². The van der Waals surface area contributed by atoms with Crippen LogP contribution in [0.4, 0.5) is 13.6 Å². The predicted octanol–water partition coefficient (Wildman–Crippen LogP) is 2.85. The van der Waals surface area contributed by atoms with Crippen molar-refractivity contribution in [2.45, 2.75) is 110 Å². The second-order valence-electron chi connectivity index (χ2n) is 11.9. The Labute approximate surface area is 222 Å². The van der Waals surface area contributed by atoms with E-state index in [-0.39, 0.29) is 18.5 Å². The molecule has 216 valence electrons. The van der Waals surface area contributed by atoms with Crippen LogP contribution in [-0.2, 0) is 19.2 Å². The molecular weight excluding hydrogens is 502 g/mol. The number of carbonyl (C=O) groups is 5. The molecule has 0 aromatic carbocycles. The first kappa shape index (κ1) is 31.4. The minimum absolute atomic E-state index is 0.146. The van der Waals surface area contributed by atoms with Crippen molar-refractivity contribution in [3.05, 3.63) is 0 Å². The summed E-state index contributed by atoms with van der Waals surface area (Å²) >= 11 is 0. The maximum absolute atomic E-state index is 13.7. The Bertz CT molecular complexity index is 908. The Hall–Kier alpha value is -2.79. The van der Waals surface area contributed by atoms with Crippen LogP contribution >= 0.6 is 0 Å². The largest absolute Gasteiger partial charge is 0.465 e. The summed E-state index contributed by atoms with van der Waals surface area (Å²) in [6, 6.07) is -3.66. The van der Waals surface area contributed by atoms with Gasteiger partial charge in [0, 0.05) is 19.5 Å². The summed E-state index contributed by atoms with van der Waals surface area (Å²) < 4.78 is 27.2. The van der Waals surface area contributed by atoms with Crippen molar-refractivity contribution in [2.24, 2.45) is 10.8 Å². The van der Waals surface area contributed by atoms with Gasteiger partial charge in [-0.25, -0.2) is 13.6 Å². The molecule has 4 N–H and O–H groups in total. The van der Waals surface area contributed by atoms with Crippen molar-refractivity contribution < 1.29 is 37.9 Å². The van der Waals surface area contributed by atoms with Crippen LogP contribution in [0.25, 0.3) is 0 Å². The first-order chi connectivity index (χ1) is 17.5. The Morgan fingerprint density at radius 2 is 1.63 bits per heavy atom. The van der Waals surface area contributed by atoms with Crippen molar-refractivity contribution in [3.63, 3.8) is 0 Å². The van der Waals surface area contributed by atoms with E-state index in [9.17, 15) is 37.9 Å². The van der Waals surface area contributed by atoms with Crippen molar-refractivity contribution in [3.8, 4) is 0 Å². The van der Waals surface area contributed by atoms with Crippen molar-refractivity contribution >= 4 is 29.6 Å². The molecule has 1 saturated heterocycles. The highest BCUT2D eigenvalue weighted by atomic mass is 19.3. The molecule has 1 aliphatic carbocycles. The van der Waals surface area contributed by atoms with E-state index in [1.54, 1.807) is 27.7 Å². The van der Waals surface area contributed by atoms with Crippen LogP contribution in [0.2, 0.25) is 0 Å². The van der Waals surface area contributed by atoms with Crippen LogP contribution < -0.4 is 16.0 Å². The van der Waals surface area contributed by atoms with E-state index < -0.39 is 71.9 Å². The third-order valence-corrected chi connectivity index (χ3v) is 7.46. The number of halogens is 2. The zero-order valence-electron chi connectivity index (χ0n) is 23.0. The number of ketones is 1. The number of rotatable bonds is 10. The molecule has 12 heteroatoms. The van der Waals surface area contributed by atoms with Gasteiger partial charge in [-0.15, -0.1) is 0 Å². The Morgan fingerprint density at radius 1 is 1.03 bits per heavy atom. The summed E-state index contributed by atoms with van der Waals surface area (Å²) in [6.07, 6.45) is 2.21. The van der Waals surface area contributed by atoms with Gasteiger partial charge in [-0.2, -0.15) is 0 Å². The van der Waals surface area contributed by atoms with Crippen LogP contribution in [0.1, 0.15) is 86.0 Å². The third-order valence-electron chi connectivity index (χ3n) is 7.46.